The molecule has 0 saturated heterocycles. The minimum absolute atomic E-state index is 0.0307. The monoisotopic (exact) mass is 434 g/mol. The fourth-order valence-corrected chi connectivity index (χ4v) is 2.83. The minimum Gasteiger partial charge on any atom is -0.324 e. The molecule has 3 aromatic rings. The van der Waals surface area contributed by atoms with Gasteiger partial charge in [0.05, 0.1) is 35.6 Å². The van der Waals surface area contributed by atoms with Crippen molar-refractivity contribution in [3.05, 3.63) is 60.2 Å². The van der Waals surface area contributed by atoms with Crippen molar-refractivity contribution >= 4 is 23.2 Å². The molecule has 1 atom stereocenters. The predicted octanol–water partition coefficient (Wildman–Crippen LogP) is 3.32. The van der Waals surface area contributed by atoms with E-state index in [4.69, 9.17) is 0 Å². The van der Waals surface area contributed by atoms with E-state index in [0.717, 1.165) is 17.8 Å². The Balaban J connectivity index is 1.53. The lowest BCUT2D eigenvalue weighted by Crippen LogP contribution is -2.24. The van der Waals surface area contributed by atoms with Gasteiger partial charge >= 0.3 is 6.18 Å². The van der Waals surface area contributed by atoms with Crippen LogP contribution in [0.25, 0.3) is 0 Å². The Bertz CT molecular complexity index is 1070. The predicted molar refractivity (Wildman–Crippen MR) is 107 cm³/mol. The lowest BCUT2D eigenvalue weighted by Gasteiger charge is -2.11. The number of aryl methyl sites for hydroxylation is 1. The number of hydrogen-bond acceptors (Lipinski definition) is 4. The van der Waals surface area contributed by atoms with Crippen molar-refractivity contribution in [2.75, 3.05) is 10.6 Å². The van der Waals surface area contributed by atoms with Crippen LogP contribution in [0.5, 0.6) is 0 Å². The Kier molecular flexibility index (Phi) is 6.42. The van der Waals surface area contributed by atoms with Gasteiger partial charge in [-0.1, -0.05) is 13.0 Å². The molecule has 0 saturated carbocycles. The third kappa shape index (κ3) is 6.17. The third-order valence-electron chi connectivity index (χ3n) is 4.36. The zero-order chi connectivity index (χ0) is 22.6. The van der Waals surface area contributed by atoms with Crippen molar-refractivity contribution < 1.29 is 22.8 Å². The van der Waals surface area contributed by atoms with Crippen LogP contribution in [0.2, 0.25) is 0 Å². The van der Waals surface area contributed by atoms with Crippen LogP contribution in [0.15, 0.2) is 48.9 Å². The first-order valence-electron chi connectivity index (χ1n) is 9.40. The largest absolute Gasteiger partial charge is 0.416 e. The highest BCUT2D eigenvalue weighted by Crippen LogP contribution is 2.30. The number of rotatable bonds is 7. The normalized spacial score (nSPS) is 12.4. The van der Waals surface area contributed by atoms with E-state index in [-0.39, 0.29) is 24.1 Å². The minimum atomic E-state index is -4.50. The number of aromatic nitrogens is 4. The molecule has 2 aromatic heterocycles. The van der Waals surface area contributed by atoms with Crippen molar-refractivity contribution in [2.24, 2.45) is 5.92 Å². The molecule has 11 heteroatoms. The highest BCUT2D eigenvalue weighted by Gasteiger charge is 2.30. The summed E-state index contributed by atoms with van der Waals surface area (Å²) in [6, 6.07) is 6.21. The van der Waals surface area contributed by atoms with Gasteiger partial charge in [0.25, 0.3) is 0 Å². The smallest absolute Gasteiger partial charge is 0.324 e. The van der Waals surface area contributed by atoms with Crippen LogP contribution < -0.4 is 10.6 Å². The number of halogens is 3. The second-order valence-electron chi connectivity index (χ2n) is 7.12. The van der Waals surface area contributed by atoms with Gasteiger partial charge in [-0.3, -0.25) is 19.0 Å². The van der Waals surface area contributed by atoms with Gasteiger partial charge in [-0.15, -0.1) is 0 Å². The van der Waals surface area contributed by atoms with Crippen LogP contribution in [0.1, 0.15) is 18.2 Å². The Morgan fingerprint density at radius 2 is 1.90 bits per heavy atom. The Hall–Kier alpha value is -3.63. The maximum Gasteiger partial charge on any atom is 0.416 e. The van der Waals surface area contributed by atoms with Crippen molar-refractivity contribution in [1.29, 1.82) is 0 Å². The summed E-state index contributed by atoms with van der Waals surface area (Å²) in [5, 5.41) is 13.4. The summed E-state index contributed by atoms with van der Waals surface area (Å²) >= 11 is 0. The van der Waals surface area contributed by atoms with Gasteiger partial charge in [-0.25, -0.2) is 0 Å². The molecule has 2 amide bonds. The average Bonchev–Trinajstić information content (AvgIpc) is 3.29. The van der Waals surface area contributed by atoms with Gasteiger partial charge in [0.15, 0.2) is 0 Å². The third-order valence-corrected chi connectivity index (χ3v) is 4.36. The zero-order valence-corrected chi connectivity index (χ0v) is 16.8. The maximum atomic E-state index is 12.8. The first kappa shape index (κ1) is 22.1. The molecule has 1 aromatic carbocycles. The Labute approximate surface area is 176 Å². The van der Waals surface area contributed by atoms with Gasteiger partial charge in [0.2, 0.25) is 11.8 Å². The van der Waals surface area contributed by atoms with Gasteiger partial charge in [0, 0.05) is 18.1 Å². The molecule has 0 aliphatic heterocycles. The lowest BCUT2D eigenvalue weighted by molar-refractivity contribution is -0.137. The molecular weight excluding hydrogens is 413 g/mol. The zero-order valence-electron chi connectivity index (χ0n) is 16.8. The summed E-state index contributed by atoms with van der Waals surface area (Å²) in [5.74, 6) is -1.14. The van der Waals surface area contributed by atoms with Gasteiger partial charge in [0.1, 0.15) is 6.54 Å². The topological polar surface area (TPSA) is 93.8 Å². The summed E-state index contributed by atoms with van der Waals surface area (Å²) in [6.07, 6.45) is 0.151. The second-order valence-corrected chi connectivity index (χ2v) is 7.12. The number of anilines is 2. The molecule has 0 bridgehead atoms. The van der Waals surface area contributed by atoms with Gasteiger partial charge in [-0.2, -0.15) is 23.4 Å². The molecule has 0 fully saturated rings. The average molecular weight is 434 g/mol. The van der Waals surface area contributed by atoms with E-state index in [9.17, 15) is 22.8 Å². The molecule has 3 rings (SSSR count). The van der Waals surface area contributed by atoms with Crippen molar-refractivity contribution in [2.45, 2.75) is 33.1 Å². The number of nitrogens with zero attached hydrogens (tertiary/aromatic N) is 4. The van der Waals surface area contributed by atoms with E-state index in [1.54, 1.807) is 17.8 Å². The van der Waals surface area contributed by atoms with E-state index in [2.05, 4.69) is 20.8 Å². The quantitative estimate of drug-likeness (QED) is 0.597. The molecule has 0 spiro atoms. The number of carbonyl (C=O) groups excluding carboxylic acids is 2. The maximum absolute atomic E-state index is 12.8. The summed E-state index contributed by atoms with van der Waals surface area (Å²) in [6.45, 7) is 3.81. The number of hydrogen-bond donors (Lipinski definition) is 2. The van der Waals surface area contributed by atoms with Crippen molar-refractivity contribution in [1.82, 2.24) is 19.6 Å². The van der Waals surface area contributed by atoms with Crippen LogP contribution in [-0.4, -0.2) is 31.4 Å². The van der Waals surface area contributed by atoms with E-state index in [1.807, 2.05) is 13.0 Å². The van der Waals surface area contributed by atoms with Crippen LogP contribution in [-0.2, 0) is 28.9 Å². The summed E-state index contributed by atoms with van der Waals surface area (Å²) in [5.41, 5.74) is 0.439. The lowest BCUT2D eigenvalue weighted by atomic mass is 10.1. The second kappa shape index (κ2) is 9.02. The van der Waals surface area contributed by atoms with Crippen LogP contribution >= 0.6 is 0 Å². The number of alkyl halides is 3. The number of carbonyl (C=O) groups is 2. The molecule has 0 aliphatic rings. The molecule has 2 heterocycles. The molecule has 0 unspecified atom stereocenters. The van der Waals surface area contributed by atoms with E-state index in [0.29, 0.717) is 12.2 Å². The highest BCUT2D eigenvalue weighted by molar-refractivity contribution is 5.92. The number of nitrogens with one attached hydrogen (secondary N) is 2. The van der Waals surface area contributed by atoms with Crippen LogP contribution in [0, 0.1) is 12.8 Å². The highest BCUT2D eigenvalue weighted by atomic mass is 19.4. The van der Waals surface area contributed by atoms with E-state index < -0.39 is 17.6 Å². The first-order chi connectivity index (χ1) is 14.6. The molecule has 8 nitrogen and oxygen atoms in total. The molecular formula is C20H21F3N6O2. The molecule has 164 valence electrons. The van der Waals surface area contributed by atoms with Gasteiger partial charge in [-0.05, 0) is 31.2 Å². The Morgan fingerprint density at radius 1 is 1.13 bits per heavy atom. The molecule has 31 heavy (non-hydrogen) atoms. The SMILES string of the molecule is Cc1ccn(C[C@H](C)C(=O)Nc2cnn(CC(=O)Nc3cccc(C(F)(F)F)c3)c2)n1. The van der Waals surface area contributed by atoms with Crippen molar-refractivity contribution in [3.63, 3.8) is 0 Å². The molecule has 2 N–H and O–H groups in total. The van der Waals surface area contributed by atoms with E-state index >= 15 is 0 Å². The van der Waals surface area contributed by atoms with Crippen LogP contribution in [0.3, 0.4) is 0 Å². The molecule has 0 aliphatic carbocycles. The van der Waals surface area contributed by atoms with Gasteiger partial charge < -0.3 is 10.6 Å². The fourth-order valence-electron chi connectivity index (χ4n) is 2.83. The summed E-state index contributed by atoms with van der Waals surface area (Å²) in [7, 11) is 0. The summed E-state index contributed by atoms with van der Waals surface area (Å²) < 4.78 is 41.3. The number of benzene rings is 1. The first-order valence-corrected chi connectivity index (χ1v) is 9.40. The number of amides is 2. The standard InChI is InChI=1S/C20H21F3N6O2/c1-13(10-28-7-6-14(2)27-28)19(31)26-17-9-24-29(11-17)12-18(30)25-16-5-3-4-15(8-16)20(21,22)23/h3-9,11,13H,10,12H2,1-2H3,(H,25,30)(H,26,31)/t13-/m0/s1. The summed E-state index contributed by atoms with van der Waals surface area (Å²) in [4.78, 5) is 24.5. The fraction of sp³-hybridized carbons (Fsp3) is 0.300. The van der Waals surface area contributed by atoms with Crippen LogP contribution in [0.4, 0.5) is 24.5 Å². The van der Waals surface area contributed by atoms with E-state index in [1.165, 1.54) is 29.2 Å². The Morgan fingerprint density at radius 3 is 2.58 bits per heavy atom. The molecule has 0 radical (unpaired) electrons. The van der Waals surface area contributed by atoms with Crippen molar-refractivity contribution in [3.8, 4) is 0 Å².